The van der Waals surface area contributed by atoms with Gasteiger partial charge in [0.05, 0.1) is 17.0 Å². The normalized spacial score (nSPS) is 16.8. The van der Waals surface area contributed by atoms with E-state index in [2.05, 4.69) is 36.1 Å². The van der Waals surface area contributed by atoms with Gasteiger partial charge in [-0.1, -0.05) is 34.1 Å². The van der Waals surface area contributed by atoms with Gasteiger partial charge in [-0.2, -0.15) is 0 Å². The molecule has 1 saturated heterocycles. The molecule has 2 aromatic carbocycles. The highest BCUT2D eigenvalue weighted by Crippen LogP contribution is 2.25. The number of nitrogens with zero attached hydrogens (tertiary/aromatic N) is 1. The topological polar surface area (TPSA) is 98.1 Å². The number of fused-ring (bicyclic) bond motifs is 1. The number of anilines is 1. The average molecular weight is 494 g/mol. The highest BCUT2D eigenvalue weighted by atomic mass is 79.9. The number of hydrogen-bond acceptors (Lipinski definition) is 4. The Labute approximate surface area is 187 Å². The summed E-state index contributed by atoms with van der Waals surface area (Å²) in [6.07, 6.45) is 1.77. The fourth-order valence-corrected chi connectivity index (χ4v) is 4.31. The number of benzene rings is 2. The molecule has 1 fully saturated rings. The molecule has 0 saturated carbocycles. The zero-order valence-corrected chi connectivity index (χ0v) is 18.5. The van der Waals surface area contributed by atoms with Crippen molar-refractivity contribution in [1.82, 2.24) is 14.9 Å². The first-order valence-corrected chi connectivity index (χ1v) is 10.3. The standard InChI is InChI=1S/C21H21BrN4O3.ClH/c22-15-9-14(18-17(10-15)24-20(28)21(29)25-18)12-26-8-4-5-13(11-26)19(27)23-16-6-2-1-3-7-16;/h1-3,6-7,9-10,13H,4-5,8,11-12H2,(H,23,27)(H,24,28)(H,25,29);1H. The van der Waals surface area contributed by atoms with E-state index in [1.807, 2.05) is 36.4 Å². The number of nitrogens with one attached hydrogen (secondary N) is 3. The van der Waals surface area contributed by atoms with Crippen LogP contribution < -0.4 is 16.4 Å². The van der Waals surface area contributed by atoms with Crippen LogP contribution in [0.5, 0.6) is 0 Å². The van der Waals surface area contributed by atoms with Crippen molar-refractivity contribution >= 4 is 51.0 Å². The van der Waals surface area contributed by atoms with Gasteiger partial charge in [0.1, 0.15) is 0 Å². The third kappa shape index (κ3) is 5.00. The Morgan fingerprint density at radius 1 is 1.13 bits per heavy atom. The summed E-state index contributed by atoms with van der Waals surface area (Å²) in [6.45, 7) is 2.09. The molecule has 0 bridgehead atoms. The van der Waals surface area contributed by atoms with Crippen molar-refractivity contribution in [2.45, 2.75) is 19.4 Å². The molecule has 1 aliphatic rings. The van der Waals surface area contributed by atoms with E-state index in [-0.39, 0.29) is 24.2 Å². The molecule has 0 radical (unpaired) electrons. The second kappa shape index (κ2) is 9.59. The van der Waals surface area contributed by atoms with Gasteiger partial charge < -0.3 is 15.3 Å². The summed E-state index contributed by atoms with van der Waals surface area (Å²) >= 11 is 3.47. The van der Waals surface area contributed by atoms with E-state index in [0.29, 0.717) is 24.1 Å². The summed E-state index contributed by atoms with van der Waals surface area (Å²) in [4.78, 5) is 43.6. The molecule has 3 aromatic rings. The molecule has 158 valence electrons. The van der Waals surface area contributed by atoms with Crippen molar-refractivity contribution in [2.24, 2.45) is 5.92 Å². The van der Waals surface area contributed by atoms with Crippen LogP contribution in [-0.4, -0.2) is 33.9 Å². The molecule has 1 amide bonds. The number of hydrogen-bond donors (Lipinski definition) is 3. The third-order valence-electron chi connectivity index (χ3n) is 5.19. The molecular weight excluding hydrogens is 472 g/mol. The summed E-state index contributed by atoms with van der Waals surface area (Å²) in [5.74, 6) is -0.0704. The molecular formula is C21H22BrClN4O3. The number of likely N-dealkylation sites (tertiary alicyclic amines) is 1. The van der Waals surface area contributed by atoms with Crippen LogP contribution in [0.15, 0.2) is 56.5 Å². The Bertz CT molecular complexity index is 1160. The maximum absolute atomic E-state index is 12.7. The molecule has 3 N–H and O–H groups in total. The minimum Gasteiger partial charge on any atom is -0.326 e. The van der Waals surface area contributed by atoms with Gasteiger partial charge in [0.2, 0.25) is 5.91 Å². The fourth-order valence-electron chi connectivity index (χ4n) is 3.80. The second-order valence-corrected chi connectivity index (χ2v) is 8.24. The molecule has 30 heavy (non-hydrogen) atoms. The zero-order valence-electron chi connectivity index (χ0n) is 16.1. The minimum atomic E-state index is -0.669. The van der Waals surface area contributed by atoms with Crippen LogP contribution in [0.1, 0.15) is 18.4 Å². The number of H-pyrrole nitrogens is 2. The number of amides is 1. The third-order valence-corrected chi connectivity index (χ3v) is 5.65. The Morgan fingerprint density at radius 3 is 2.63 bits per heavy atom. The fraction of sp³-hybridized carbons (Fsp3) is 0.286. The van der Waals surface area contributed by atoms with Crippen LogP contribution >= 0.6 is 28.3 Å². The smallest absolute Gasteiger partial charge is 0.314 e. The number of aromatic amines is 2. The SMILES string of the molecule is Cl.O=C(Nc1ccccc1)C1CCCN(Cc2cc(Br)cc3[nH]c(=O)c(=O)[nH]c23)C1. The molecule has 0 aliphatic carbocycles. The van der Waals surface area contributed by atoms with Gasteiger partial charge in [-0.05, 0) is 49.2 Å². The van der Waals surface area contributed by atoms with Crippen LogP contribution in [-0.2, 0) is 11.3 Å². The van der Waals surface area contributed by atoms with Gasteiger partial charge in [0, 0.05) is 23.2 Å². The van der Waals surface area contributed by atoms with Crippen LogP contribution in [0.25, 0.3) is 11.0 Å². The summed E-state index contributed by atoms with van der Waals surface area (Å²) in [6, 6.07) is 13.2. The maximum Gasteiger partial charge on any atom is 0.314 e. The lowest BCUT2D eigenvalue weighted by atomic mass is 9.96. The molecule has 9 heteroatoms. The van der Waals surface area contributed by atoms with Crippen molar-refractivity contribution in [1.29, 1.82) is 0 Å². The van der Waals surface area contributed by atoms with Gasteiger partial charge in [-0.3, -0.25) is 19.3 Å². The summed E-state index contributed by atoms with van der Waals surface area (Å²) in [7, 11) is 0. The van der Waals surface area contributed by atoms with E-state index in [1.54, 1.807) is 6.07 Å². The van der Waals surface area contributed by atoms with Crippen LogP contribution in [0.4, 0.5) is 5.69 Å². The predicted molar refractivity (Wildman–Crippen MR) is 123 cm³/mol. The first kappa shape index (κ1) is 22.3. The summed E-state index contributed by atoms with van der Waals surface area (Å²) < 4.78 is 0.818. The number of rotatable bonds is 4. The van der Waals surface area contributed by atoms with E-state index in [1.165, 1.54) is 0 Å². The van der Waals surface area contributed by atoms with Crippen molar-refractivity contribution < 1.29 is 4.79 Å². The summed E-state index contributed by atoms with van der Waals surface area (Å²) in [5.41, 5.74) is 1.56. The van der Waals surface area contributed by atoms with Gasteiger partial charge in [-0.15, -0.1) is 12.4 Å². The largest absolute Gasteiger partial charge is 0.326 e. The van der Waals surface area contributed by atoms with Gasteiger partial charge in [0.15, 0.2) is 0 Å². The minimum absolute atomic E-state index is 0. The maximum atomic E-state index is 12.7. The number of piperidine rings is 1. The van der Waals surface area contributed by atoms with Gasteiger partial charge >= 0.3 is 11.1 Å². The molecule has 7 nitrogen and oxygen atoms in total. The van der Waals surface area contributed by atoms with Crippen molar-refractivity contribution in [3.05, 3.63) is 73.2 Å². The molecule has 1 unspecified atom stereocenters. The Hall–Kier alpha value is -2.42. The first-order chi connectivity index (χ1) is 14.0. The summed E-state index contributed by atoms with van der Waals surface area (Å²) in [5, 5.41) is 2.99. The first-order valence-electron chi connectivity index (χ1n) is 9.52. The molecule has 2 heterocycles. The molecule has 0 spiro atoms. The molecule has 1 atom stereocenters. The number of carbonyl (C=O) groups excluding carboxylic acids is 1. The Morgan fingerprint density at radius 2 is 1.87 bits per heavy atom. The zero-order chi connectivity index (χ0) is 20.4. The van der Waals surface area contributed by atoms with Crippen molar-refractivity contribution in [3.8, 4) is 0 Å². The number of halogens is 2. The van der Waals surface area contributed by atoms with Gasteiger partial charge in [-0.25, -0.2) is 0 Å². The molecule has 1 aliphatic heterocycles. The average Bonchev–Trinajstić information content (AvgIpc) is 2.70. The second-order valence-electron chi connectivity index (χ2n) is 7.33. The quantitative estimate of drug-likeness (QED) is 0.486. The Balaban J connectivity index is 0.00000256. The van der Waals surface area contributed by atoms with Crippen LogP contribution in [0, 0.1) is 5.92 Å². The van der Waals surface area contributed by atoms with E-state index >= 15 is 0 Å². The highest BCUT2D eigenvalue weighted by Gasteiger charge is 2.26. The number of para-hydroxylation sites is 1. The Kier molecular flexibility index (Phi) is 7.12. The molecule has 4 rings (SSSR count). The van der Waals surface area contributed by atoms with Crippen LogP contribution in [0.2, 0.25) is 0 Å². The highest BCUT2D eigenvalue weighted by molar-refractivity contribution is 9.10. The number of aromatic nitrogens is 2. The predicted octanol–water partition coefficient (Wildman–Crippen LogP) is 3.25. The van der Waals surface area contributed by atoms with E-state index in [9.17, 15) is 14.4 Å². The van der Waals surface area contributed by atoms with Crippen molar-refractivity contribution in [3.63, 3.8) is 0 Å². The van der Waals surface area contributed by atoms with Crippen molar-refractivity contribution in [2.75, 3.05) is 18.4 Å². The van der Waals surface area contributed by atoms with Gasteiger partial charge in [0.25, 0.3) is 0 Å². The lowest BCUT2D eigenvalue weighted by Crippen LogP contribution is -2.40. The lowest BCUT2D eigenvalue weighted by Gasteiger charge is -2.32. The van der Waals surface area contributed by atoms with Crippen LogP contribution in [0.3, 0.4) is 0 Å². The lowest BCUT2D eigenvalue weighted by molar-refractivity contribution is -0.121. The number of carbonyl (C=O) groups is 1. The van der Waals surface area contributed by atoms with E-state index in [0.717, 1.165) is 35.1 Å². The van der Waals surface area contributed by atoms with E-state index in [4.69, 9.17) is 0 Å². The van der Waals surface area contributed by atoms with E-state index < -0.39 is 11.1 Å². The molecule has 1 aromatic heterocycles. The monoisotopic (exact) mass is 492 g/mol.